The number of amides is 2. The van der Waals surface area contributed by atoms with Crippen LogP contribution in [0.4, 0.5) is 30.5 Å². The molecule has 4 rings (SSSR count). The number of rotatable bonds is 7. The molecule has 0 unspecified atom stereocenters. The van der Waals surface area contributed by atoms with Gasteiger partial charge in [-0.25, -0.2) is 4.98 Å². The van der Waals surface area contributed by atoms with E-state index in [0.29, 0.717) is 11.0 Å². The van der Waals surface area contributed by atoms with Gasteiger partial charge in [0.15, 0.2) is 0 Å². The molecule has 35 heavy (non-hydrogen) atoms. The minimum Gasteiger partial charge on any atom is -0.394 e. The Kier molecular flexibility index (Phi) is 6.69. The summed E-state index contributed by atoms with van der Waals surface area (Å²) in [6, 6.07) is 16.5. The van der Waals surface area contributed by atoms with Crippen LogP contribution in [0.2, 0.25) is 0 Å². The van der Waals surface area contributed by atoms with E-state index in [1.165, 1.54) is 24.3 Å². The van der Waals surface area contributed by atoms with Gasteiger partial charge in [-0.15, -0.1) is 0 Å². The summed E-state index contributed by atoms with van der Waals surface area (Å²) in [5, 5.41) is 17.4. The highest BCUT2D eigenvalue weighted by Gasteiger charge is 2.30. The lowest BCUT2D eigenvalue weighted by atomic mass is 10.1. The van der Waals surface area contributed by atoms with E-state index >= 15 is 0 Å². The molecule has 5 N–H and O–H groups in total. The average Bonchev–Trinajstić information content (AvgIpc) is 3.24. The van der Waals surface area contributed by atoms with Crippen LogP contribution in [0, 0.1) is 0 Å². The number of fused-ring (bicyclic) bond motifs is 1. The monoisotopic (exact) mass is 483 g/mol. The lowest BCUT2D eigenvalue weighted by Gasteiger charge is -2.17. The Morgan fingerprint density at radius 3 is 2.49 bits per heavy atom. The summed E-state index contributed by atoms with van der Waals surface area (Å²) in [5.74, 6) is -1.27. The molecule has 0 saturated carbocycles. The highest BCUT2D eigenvalue weighted by molar-refractivity contribution is 6.04. The molecule has 0 fully saturated rings. The van der Waals surface area contributed by atoms with Crippen LogP contribution >= 0.6 is 0 Å². The zero-order valence-electron chi connectivity index (χ0n) is 18.1. The Hall–Kier alpha value is -4.38. The Morgan fingerprint density at radius 2 is 1.74 bits per heavy atom. The molecule has 0 aliphatic rings. The molecule has 0 aliphatic heterocycles. The number of halogens is 3. The molecule has 1 atom stereocenters. The van der Waals surface area contributed by atoms with Crippen molar-refractivity contribution in [2.75, 3.05) is 17.2 Å². The van der Waals surface area contributed by atoms with Gasteiger partial charge in [0.1, 0.15) is 6.04 Å². The fourth-order valence-electron chi connectivity index (χ4n) is 3.36. The number of aromatic amines is 1. The van der Waals surface area contributed by atoms with E-state index in [4.69, 9.17) is 0 Å². The first-order chi connectivity index (χ1) is 16.7. The molecule has 0 aliphatic carbocycles. The number of para-hydroxylation sites is 3. The second kappa shape index (κ2) is 9.85. The molecule has 0 spiro atoms. The maximum Gasteiger partial charge on any atom is 0.416 e. The number of aliphatic hydroxyl groups excluding tert-OH is 1. The molecule has 0 bridgehead atoms. The fraction of sp³-hybridized carbons (Fsp3) is 0.125. The second-order valence-electron chi connectivity index (χ2n) is 7.55. The molecule has 0 saturated heterocycles. The molecule has 3 aromatic carbocycles. The van der Waals surface area contributed by atoms with Gasteiger partial charge in [-0.2, -0.15) is 13.2 Å². The Labute approximate surface area is 197 Å². The number of H-pyrrole nitrogens is 1. The summed E-state index contributed by atoms with van der Waals surface area (Å²) in [5.41, 5.74) is 0.899. The van der Waals surface area contributed by atoms with Gasteiger partial charge in [0.25, 0.3) is 11.8 Å². The van der Waals surface area contributed by atoms with E-state index in [1.807, 2.05) is 0 Å². The normalized spacial score (nSPS) is 12.2. The van der Waals surface area contributed by atoms with Gasteiger partial charge in [0, 0.05) is 5.69 Å². The van der Waals surface area contributed by atoms with Crippen LogP contribution in [-0.4, -0.2) is 39.5 Å². The number of hydrogen-bond acceptors (Lipinski definition) is 5. The third-order valence-corrected chi connectivity index (χ3v) is 5.08. The van der Waals surface area contributed by atoms with Crippen LogP contribution in [-0.2, 0) is 11.0 Å². The Morgan fingerprint density at radius 1 is 1.00 bits per heavy atom. The zero-order valence-corrected chi connectivity index (χ0v) is 18.1. The largest absolute Gasteiger partial charge is 0.416 e. The number of alkyl halides is 3. The van der Waals surface area contributed by atoms with Crippen molar-refractivity contribution in [3.8, 4) is 0 Å². The quantitative estimate of drug-likeness (QED) is 0.272. The Bertz CT molecular complexity index is 1340. The van der Waals surface area contributed by atoms with Crippen LogP contribution in [0.5, 0.6) is 0 Å². The smallest absolute Gasteiger partial charge is 0.394 e. The SMILES string of the molecule is O=C(N[C@@H](CO)C(=O)Nc1nc2ccccc2[nH]1)c1ccccc1Nc1cccc(C(F)(F)F)c1. The first-order valence-electron chi connectivity index (χ1n) is 10.5. The van der Waals surface area contributed by atoms with Crippen LogP contribution in [0.3, 0.4) is 0 Å². The third-order valence-electron chi connectivity index (χ3n) is 5.08. The van der Waals surface area contributed by atoms with Crippen molar-refractivity contribution in [1.82, 2.24) is 15.3 Å². The first-order valence-corrected chi connectivity index (χ1v) is 10.5. The molecule has 1 heterocycles. The van der Waals surface area contributed by atoms with E-state index in [2.05, 4.69) is 25.9 Å². The molecule has 2 amide bonds. The van der Waals surface area contributed by atoms with E-state index in [-0.39, 0.29) is 22.9 Å². The molecular weight excluding hydrogens is 463 g/mol. The number of carbonyl (C=O) groups is 2. The highest BCUT2D eigenvalue weighted by atomic mass is 19.4. The van der Waals surface area contributed by atoms with Gasteiger partial charge < -0.3 is 20.7 Å². The number of imidazole rings is 1. The number of benzene rings is 3. The summed E-state index contributed by atoms with van der Waals surface area (Å²) < 4.78 is 39.1. The summed E-state index contributed by atoms with van der Waals surface area (Å²) >= 11 is 0. The third kappa shape index (κ3) is 5.58. The number of hydrogen-bond donors (Lipinski definition) is 5. The highest BCUT2D eigenvalue weighted by Crippen LogP contribution is 2.32. The maximum atomic E-state index is 13.0. The van der Waals surface area contributed by atoms with Gasteiger partial charge in [-0.05, 0) is 42.5 Å². The lowest BCUT2D eigenvalue weighted by molar-refractivity contribution is -0.137. The maximum absolute atomic E-state index is 13.0. The summed E-state index contributed by atoms with van der Waals surface area (Å²) in [7, 11) is 0. The van der Waals surface area contributed by atoms with Crippen molar-refractivity contribution in [3.05, 3.63) is 83.9 Å². The van der Waals surface area contributed by atoms with Gasteiger partial charge in [-0.3, -0.25) is 14.9 Å². The second-order valence-corrected chi connectivity index (χ2v) is 7.55. The van der Waals surface area contributed by atoms with Crippen molar-refractivity contribution >= 4 is 40.2 Å². The minimum atomic E-state index is -4.52. The summed E-state index contributed by atoms with van der Waals surface area (Å²) in [6.45, 7) is -0.693. The molecule has 0 radical (unpaired) electrons. The number of aliphatic hydroxyl groups is 1. The molecule has 4 aromatic rings. The summed E-state index contributed by atoms with van der Waals surface area (Å²) in [4.78, 5) is 32.7. The standard InChI is InChI=1S/C24H20F3N5O3/c25-24(26,27)14-6-5-7-15(12-14)28-17-9-2-1-8-16(17)21(34)29-20(13-33)22(35)32-23-30-18-10-3-4-11-19(18)31-23/h1-12,20,28,33H,13H2,(H,29,34)(H2,30,31,32,35)/t20-/m0/s1. The molecular formula is C24H20F3N5O3. The topological polar surface area (TPSA) is 119 Å². The van der Waals surface area contributed by atoms with Crippen LogP contribution < -0.4 is 16.0 Å². The number of nitrogens with one attached hydrogen (secondary N) is 4. The predicted octanol–water partition coefficient (Wildman–Crippen LogP) is 4.05. The summed E-state index contributed by atoms with van der Waals surface area (Å²) in [6.07, 6.45) is -4.52. The van der Waals surface area contributed by atoms with Crippen LogP contribution in [0.25, 0.3) is 11.0 Å². The molecule has 8 nitrogen and oxygen atoms in total. The van der Waals surface area contributed by atoms with Crippen molar-refractivity contribution in [2.24, 2.45) is 0 Å². The van der Waals surface area contributed by atoms with Crippen molar-refractivity contribution in [1.29, 1.82) is 0 Å². The van der Waals surface area contributed by atoms with E-state index < -0.39 is 36.2 Å². The predicted molar refractivity (Wildman–Crippen MR) is 124 cm³/mol. The average molecular weight is 483 g/mol. The molecule has 1 aromatic heterocycles. The number of carbonyl (C=O) groups excluding carboxylic acids is 2. The van der Waals surface area contributed by atoms with Gasteiger partial charge >= 0.3 is 6.18 Å². The van der Waals surface area contributed by atoms with Gasteiger partial charge in [-0.1, -0.05) is 30.3 Å². The van der Waals surface area contributed by atoms with Gasteiger partial charge in [0.2, 0.25) is 5.95 Å². The van der Waals surface area contributed by atoms with Gasteiger partial charge in [0.05, 0.1) is 34.5 Å². The zero-order chi connectivity index (χ0) is 25.0. The van der Waals surface area contributed by atoms with Crippen molar-refractivity contribution < 1.29 is 27.9 Å². The van der Waals surface area contributed by atoms with E-state index in [1.54, 1.807) is 36.4 Å². The molecule has 11 heteroatoms. The Balaban J connectivity index is 1.48. The van der Waals surface area contributed by atoms with Crippen LogP contribution in [0.1, 0.15) is 15.9 Å². The van der Waals surface area contributed by atoms with E-state index in [0.717, 1.165) is 12.1 Å². The number of nitrogens with zero attached hydrogens (tertiary/aromatic N) is 1. The number of aromatic nitrogens is 2. The van der Waals surface area contributed by atoms with E-state index in [9.17, 15) is 27.9 Å². The minimum absolute atomic E-state index is 0.0694. The first kappa shape index (κ1) is 23.8. The lowest BCUT2D eigenvalue weighted by Crippen LogP contribution is -2.46. The van der Waals surface area contributed by atoms with Crippen LogP contribution in [0.15, 0.2) is 72.8 Å². The van der Waals surface area contributed by atoms with Crippen molar-refractivity contribution in [3.63, 3.8) is 0 Å². The molecule has 180 valence electrons. The fourth-order valence-corrected chi connectivity index (χ4v) is 3.36. The van der Waals surface area contributed by atoms with Crippen molar-refractivity contribution in [2.45, 2.75) is 12.2 Å². The number of anilines is 3.